The number of carbonyl (C=O) groups is 1. The molecule has 154 valence electrons. The Morgan fingerprint density at radius 3 is 2.48 bits per heavy atom. The maximum absolute atomic E-state index is 12.2. The largest absolute Gasteiger partial charge is 0.377 e. The lowest BCUT2D eigenvalue weighted by Gasteiger charge is -2.55. The van der Waals surface area contributed by atoms with E-state index in [-0.39, 0.29) is 29.4 Å². The highest BCUT2D eigenvalue weighted by atomic mass is 127. The summed E-state index contributed by atoms with van der Waals surface area (Å²) in [6.07, 6.45) is 5.74. The Bertz CT molecular complexity index is 570. The molecule has 3 atom stereocenters. The molecule has 4 fully saturated rings. The van der Waals surface area contributed by atoms with Gasteiger partial charge in [0.25, 0.3) is 0 Å². The molecule has 0 aromatic carbocycles. The van der Waals surface area contributed by atoms with Gasteiger partial charge in [-0.2, -0.15) is 0 Å². The van der Waals surface area contributed by atoms with Crippen LogP contribution in [0.15, 0.2) is 4.99 Å². The van der Waals surface area contributed by atoms with E-state index < -0.39 is 0 Å². The number of likely N-dealkylation sites (tertiary alicyclic amines) is 1. The summed E-state index contributed by atoms with van der Waals surface area (Å²) >= 11 is 0. The minimum atomic E-state index is 0. The van der Waals surface area contributed by atoms with Crippen molar-refractivity contribution in [3.63, 3.8) is 0 Å². The van der Waals surface area contributed by atoms with Crippen LogP contribution in [0.5, 0.6) is 0 Å². The third-order valence-electron chi connectivity index (χ3n) is 6.78. The van der Waals surface area contributed by atoms with E-state index in [0.717, 1.165) is 64.3 Å². The standard InChI is InChI=1S/C20H34N4O2.HI/c1-4-21-19(23-16-15-9-12-26-17(15)20(16,2)3)22-14-7-10-24(11-8-14)18(25)13-5-6-13;/h13-17H,4-12H2,1-3H3,(H2,21,22,23);1H. The SMILES string of the molecule is CCN=C(NC1CCN(C(=O)C2CC2)CC1)NC1C2CCOC2C1(C)C.I. The number of halogens is 1. The van der Waals surface area contributed by atoms with E-state index in [0.29, 0.717) is 35.9 Å². The number of ether oxygens (including phenoxy) is 1. The summed E-state index contributed by atoms with van der Waals surface area (Å²) in [5, 5.41) is 7.34. The molecule has 3 unspecified atom stereocenters. The molecular weight excluding hydrogens is 455 g/mol. The topological polar surface area (TPSA) is 66.0 Å². The van der Waals surface area contributed by atoms with E-state index in [1.165, 1.54) is 0 Å². The molecular formula is C20H35IN4O2. The molecule has 0 bridgehead atoms. The van der Waals surface area contributed by atoms with Gasteiger partial charge in [0.1, 0.15) is 0 Å². The number of fused-ring (bicyclic) bond motifs is 1. The number of hydrogen-bond acceptors (Lipinski definition) is 3. The van der Waals surface area contributed by atoms with Gasteiger partial charge in [-0.15, -0.1) is 24.0 Å². The van der Waals surface area contributed by atoms with E-state index in [9.17, 15) is 4.79 Å². The fraction of sp³-hybridized carbons (Fsp3) is 0.900. The van der Waals surface area contributed by atoms with Crippen LogP contribution in [0, 0.1) is 17.3 Å². The van der Waals surface area contributed by atoms with E-state index in [4.69, 9.17) is 4.74 Å². The molecule has 1 amide bonds. The summed E-state index contributed by atoms with van der Waals surface area (Å²) in [5.41, 5.74) is 0.150. The number of rotatable bonds is 4. The highest BCUT2D eigenvalue weighted by Crippen LogP contribution is 2.52. The Balaban J connectivity index is 0.00000210. The van der Waals surface area contributed by atoms with E-state index >= 15 is 0 Å². The van der Waals surface area contributed by atoms with Gasteiger partial charge in [-0.05, 0) is 39.0 Å². The van der Waals surface area contributed by atoms with Crippen molar-refractivity contribution in [2.45, 2.75) is 71.1 Å². The molecule has 2 saturated heterocycles. The minimum absolute atomic E-state index is 0. The highest BCUT2D eigenvalue weighted by Gasteiger charge is 2.59. The summed E-state index contributed by atoms with van der Waals surface area (Å²) in [7, 11) is 0. The second-order valence-electron chi connectivity index (χ2n) is 9.03. The molecule has 0 radical (unpaired) electrons. The number of aliphatic imine (C=N–C) groups is 1. The Morgan fingerprint density at radius 1 is 1.15 bits per heavy atom. The zero-order valence-corrected chi connectivity index (χ0v) is 19.2. The average Bonchev–Trinajstić information content (AvgIpc) is 3.37. The quantitative estimate of drug-likeness (QED) is 0.361. The molecule has 4 rings (SSSR count). The van der Waals surface area contributed by atoms with E-state index in [2.05, 4.69) is 41.3 Å². The third-order valence-corrected chi connectivity index (χ3v) is 6.78. The van der Waals surface area contributed by atoms with Crippen molar-refractivity contribution in [1.82, 2.24) is 15.5 Å². The van der Waals surface area contributed by atoms with Crippen molar-refractivity contribution in [3.8, 4) is 0 Å². The van der Waals surface area contributed by atoms with Gasteiger partial charge in [-0.3, -0.25) is 9.79 Å². The van der Waals surface area contributed by atoms with Crippen LogP contribution >= 0.6 is 24.0 Å². The minimum Gasteiger partial charge on any atom is -0.377 e. The second-order valence-corrected chi connectivity index (χ2v) is 9.03. The van der Waals surface area contributed by atoms with E-state index in [1.54, 1.807) is 0 Å². The van der Waals surface area contributed by atoms with Gasteiger partial charge in [0.05, 0.1) is 6.10 Å². The van der Waals surface area contributed by atoms with Crippen LogP contribution in [-0.4, -0.2) is 61.2 Å². The van der Waals surface area contributed by atoms with Crippen molar-refractivity contribution >= 4 is 35.8 Å². The molecule has 2 N–H and O–H groups in total. The molecule has 2 saturated carbocycles. The fourth-order valence-electron chi connectivity index (χ4n) is 5.08. The first-order chi connectivity index (χ1) is 12.5. The second kappa shape index (κ2) is 8.43. The number of nitrogens with one attached hydrogen (secondary N) is 2. The van der Waals surface area contributed by atoms with Crippen molar-refractivity contribution in [2.24, 2.45) is 22.2 Å². The van der Waals surface area contributed by atoms with Crippen LogP contribution in [0.4, 0.5) is 0 Å². The van der Waals surface area contributed by atoms with Crippen molar-refractivity contribution in [1.29, 1.82) is 0 Å². The van der Waals surface area contributed by atoms with Crippen LogP contribution in [0.3, 0.4) is 0 Å². The smallest absolute Gasteiger partial charge is 0.225 e. The lowest BCUT2D eigenvalue weighted by molar-refractivity contribution is -0.133. The number of piperidine rings is 1. The van der Waals surface area contributed by atoms with Crippen LogP contribution in [0.1, 0.15) is 52.9 Å². The molecule has 2 aliphatic carbocycles. The lowest BCUT2D eigenvalue weighted by Crippen LogP contribution is -2.68. The summed E-state index contributed by atoms with van der Waals surface area (Å²) < 4.78 is 5.91. The predicted molar refractivity (Wildman–Crippen MR) is 117 cm³/mol. The molecule has 6 nitrogen and oxygen atoms in total. The van der Waals surface area contributed by atoms with Crippen molar-refractivity contribution < 1.29 is 9.53 Å². The zero-order chi connectivity index (χ0) is 18.3. The normalized spacial score (nSPS) is 32.9. The van der Waals surface area contributed by atoms with Crippen LogP contribution < -0.4 is 10.6 Å². The lowest BCUT2D eigenvalue weighted by atomic mass is 9.57. The monoisotopic (exact) mass is 490 g/mol. The predicted octanol–water partition coefficient (Wildman–Crippen LogP) is 2.37. The maximum Gasteiger partial charge on any atom is 0.225 e. The van der Waals surface area contributed by atoms with Crippen molar-refractivity contribution in [2.75, 3.05) is 26.2 Å². The van der Waals surface area contributed by atoms with Gasteiger partial charge in [0.2, 0.25) is 5.91 Å². The molecule has 0 aromatic heterocycles. The van der Waals surface area contributed by atoms with Crippen LogP contribution in [-0.2, 0) is 9.53 Å². The van der Waals surface area contributed by atoms with E-state index in [1.807, 2.05) is 0 Å². The number of hydrogen-bond donors (Lipinski definition) is 2. The first-order valence-electron chi connectivity index (χ1n) is 10.5. The maximum atomic E-state index is 12.2. The number of guanidine groups is 1. The molecule has 27 heavy (non-hydrogen) atoms. The summed E-state index contributed by atoms with van der Waals surface area (Å²) in [6.45, 7) is 10.1. The van der Waals surface area contributed by atoms with Crippen molar-refractivity contribution in [3.05, 3.63) is 0 Å². The third kappa shape index (κ3) is 4.23. The molecule has 4 aliphatic rings. The Labute approximate surface area is 180 Å². The first kappa shape index (κ1) is 21.1. The Kier molecular flexibility index (Phi) is 6.60. The van der Waals surface area contributed by atoms with Gasteiger partial charge in [0, 0.05) is 55.6 Å². The zero-order valence-electron chi connectivity index (χ0n) is 16.9. The number of amides is 1. The van der Waals surface area contributed by atoms with Crippen LogP contribution in [0.2, 0.25) is 0 Å². The fourth-order valence-corrected chi connectivity index (χ4v) is 5.08. The molecule has 2 heterocycles. The Morgan fingerprint density at radius 2 is 1.85 bits per heavy atom. The average molecular weight is 490 g/mol. The van der Waals surface area contributed by atoms with Gasteiger partial charge >= 0.3 is 0 Å². The van der Waals surface area contributed by atoms with Gasteiger partial charge in [-0.25, -0.2) is 0 Å². The number of nitrogens with zero attached hydrogens (tertiary/aromatic N) is 2. The van der Waals surface area contributed by atoms with Gasteiger partial charge in [0.15, 0.2) is 5.96 Å². The van der Waals surface area contributed by atoms with Gasteiger partial charge in [-0.1, -0.05) is 13.8 Å². The van der Waals surface area contributed by atoms with Gasteiger partial charge < -0.3 is 20.3 Å². The highest BCUT2D eigenvalue weighted by molar-refractivity contribution is 14.0. The molecule has 0 spiro atoms. The summed E-state index contributed by atoms with van der Waals surface area (Å²) in [4.78, 5) is 19.0. The molecule has 0 aromatic rings. The first-order valence-corrected chi connectivity index (χ1v) is 10.5. The number of carbonyl (C=O) groups excluding carboxylic acids is 1. The van der Waals surface area contributed by atoms with Crippen LogP contribution in [0.25, 0.3) is 0 Å². The Hall–Kier alpha value is -0.570. The summed E-state index contributed by atoms with van der Waals surface area (Å²) in [6, 6.07) is 0.819. The molecule has 2 aliphatic heterocycles. The summed E-state index contributed by atoms with van der Waals surface area (Å²) in [5.74, 6) is 2.25. The molecule has 7 heteroatoms.